The molecule has 0 radical (unpaired) electrons. The molecule has 0 saturated carbocycles. The van der Waals surface area contributed by atoms with Crippen molar-refractivity contribution in [2.24, 2.45) is 5.92 Å². The molecule has 1 heterocycles. The van der Waals surface area contributed by atoms with E-state index in [-0.39, 0.29) is 11.8 Å². The van der Waals surface area contributed by atoms with Gasteiger partial charge in [-0.05, 0) is 12.3 Å². The van der Waals surface area contributed by atoms with Gasteiger partial charge >= 0.3 is 5.97 Å². The number of thiazole rings is 1. The van der Waals surface area contributed by atoms with Crippen LogP contribution in [0.1, 0.15) is 36.1 Å². The van der Waals surface area contributed by atoms with E-state index < -0.39 is 12.0 Å². The number of carbonyl (C=O) groups is 2. The molecule has 0 bridgehead atoms. The molecular weight excluding hydrogens is 240 g/mol. The summed E-state index contributed by atoms with van der Waals surface area (Å²) < 4.78 is 0. The Morgan fingerprint density at radius 1 is 1.53 bits per heavy atom. The van der Waals surface area contributed by atoms with Gasteiger partial charge < -0.3 is 10.4 Å². The second kappa shape index (κ2) is 5.77. The Morgan fingerprint density at radius 2 is 2.18 bits per heavy atom. The molecule has 17 heavy (non-hydrogen) atoms. The Hall–Kier alpha value is -1.43. The number of nitrogens with zero attached hydrogens (tertiary/aromatic N) is 1. The van der Waals surface area contributed by atoms with Crippen molar-refractivity contribution in [2.45, 2.75) is 33.2 Å². The lowest BCUT2D eigenvalue weighted by atomic mass is 10.0. The third kappa shape index (κ3) is 3.26. The molecule has 1 rings (SSSR count). The Labute approximate surface area is 104 Å². The van der Waals surface area contributed by atoms with Gasteiger partial charge in [0.2, 0.25) is 0 Å². The highest BCUT2D eigenvalue weighted by Gasteiger charge is 2.25. The lowest BCUT2D eigenvalue weighted by Crippen LogP contribution is -2.44. The number of carboxylic acid groups (broad SMARTS) is 1. The van der Waals surface area contributed by atoms with Crippen LogP contribution in [0.5, 0.6) is 0 Å². The summed E-state index contributed by atoms with van der Waals surface area (Å²) in [5.41, 5.74) is 2.30. The molecule has 0 aliphatic carbocycles. The van der Waals surface area contributed by atoms with Crippen LogP contribution in [0, 0.1) is 5.92 Å². The molecule has 1 amide bonds. The fourth-order valence-corrected chi connectivity index (χ4v) is 2.21. The average molecular weight is 256 g/mol. The van der Waals surface area contributed by atoms with Crippen molar-refractivity contribution in [2.75, 3.05) is 0 Å². The van der Waals surface area contributed by atoms with Crippen LogP contribution in [0.2, 0.25) is 0 Å². The SMILES string of the molecule is CCc1ncsc1C(=O)N[C@@H](C(=O)O)C(C)C. The van der Waals surface area contributed by atoms with Crippen LogP contribution in [0.4, 0.5) is 0 Å². The third-order valence-corrected chi connectivity index (χ3v) is 3.27. The van der Waals surface area contributed by atoms with Crippen molar-refractivity contribution in [1.82, 2.24) is 10.3 Å². The maximum Gasteiger partial charge on any atom is 0.326 e. The van der Waals surface area contributed by atoms with Crippen LogP contribution >= 0.6 is 11.3 Å². The molecule has 94 valence electrons. The van der Waals surface area contributed by atoms with Crippen molar-refractivity contribution in [1.29, 1.82) is 0 Å². The maximum atomic E-state index is 11.9. The van der Waals surface area contributed by atoms with Crippen LogP contribution in [-0.4, -0.2) is 28.0 Å². The highest BCUT2D eigenvalue weighted by Crippen LogP contribution is 2.14. The van der Waals surface area contributed by atoms with Crippen molar-refractivity contribution in [3.63, 3.8) is 0 Å². The van der Waals surface area contributed by atoms with Crippen LogP contribution in [0.25, 0.3) is 0 Å². The zero-order valence-corrected chi connectivity index (χ0v) is 10.9. The van der Waals surface area contributed by atoms with Crippen LogP contribution in [-0.2, 0) is 11.2 Å². The van der Waals surface area contributed by atoms with E-state index in [0.717, 1.165) is 0 Å². The van der Waals surface area contributed by atoms with E-state index in [0.29, 0.717) is 17.0 Å². The molecule has 1 aromatic rings. The minimum absolute atomic E-state index is 0.158. The quantitative estimate of drug-likeness (QED) is 0.837. The number of aliphatic carboxylic acids is 1. The van der Waals surface area contributed by atoms with Gasteiger partial charge in [0, 0.05) is 0 Å². The van der Waals surface area contributed by atoms with Gasteiger partial charge in [-0.15, -0.1) is 11.3 Å². The number of carbonyl (C=O) groups excluding carboxylic acids is 1. The first kappa shape index (κ1) is 13.6. The largest absolute Gasteiger partial charge is 0.480 e. The summed E-state index contributed by atoms with van der Waals surface area (Å²) in [6.07, 6.45) is 0.658. The number of aryl methyl sites for hydroxylation is 1. The number of carboxylic acids is 1. The molecule has 0 aromatic carbocycles. The van der Waals surface area contributed by atoms with Gasteiger partial charge in [-0.3, -0.25) is 4.79 Å². The molecule has 5 nitrogen and oxygen atoms in total. The monoisotopic (exact) mass is 256 g/mol. The Bertz CT molecular complexity index is 415. The lowest BCUT2D eigenvalue weighted by Gasteiger charge is -2.17. The number of aromatic nitrogens is 1. The van der Waals surface area contributed by atoms with Crippen LogP contribution in [0.3, 0.4) is 0 Å². The fourth-order valence-electron chi connectivity index (χ4n) is 1.43. The molecule has 0 aliphatic rings. The van der Waals surface area contributed by atoms with Gasteiger partial charge in [-0.1, -0.05) is 20.8 Å². The third-order valence-electron chi connectivity index (χ3n) is 2.40. The summed E-state index contributed by atoms with van der Waals surface area (Å²) in [5.74, 6) is -1.53. The first-order chi connectivity index (χ1) is 7.97. The molecule has 0 spiro atoms. The molecule has 1 atom stereocenters. The first-order valence-corrected chi connectivity index (χ1v) is 6.31. The van der Waals surface area contributed by atoms with Gasteiger partial charge in [0.15, 0.2) is 0 Å². The summed E-state index contributed by atoms with van der Waals surface area (Å²) in [6.45, 7) is 5.42. The summed E-state index contributed by atoms with van der Waals surface area (Å²) in [6, 6.07) is -0.866. The molecule has 0 fully saturated rings. The van der Waals surface area contributed by atoms with E-state index in [4.69, 9.17) is 5.11 Å². The van der Waals surface area contributed by atoms with Crippen LogP contribution in [0.15, 0.2) is 5.51 Å². The maximum absolute atomic E-state index is 11.9. The topological polar surface area (TPSA) is 79.3 Å². The zero-order chi connectivity index (χ0) is 13.0. The van der Waals surface area contributed by atoms with Gasteiger partial charge in [0.25, 0.3) is 5.91 Å². The van der Waals surface area contributed by atoms with Crippen molar-refractivity contribution in [3.05, 3.63) is 16.1 Å². The van der Waals surface area contributed by atoms with E-state index in [1.165, 1.54) is 11.3 Å². The molecule has 1 aromatic heterocycles. The first-order valence-electron chi connectivity index (χ1n) is 5.43. The normalized spacial score (nSPS) is 12.5. The fraction of sp³-hybridized carbons (Fsp3) is 0.545. The minimum Gasteiger partial charge on any atom is -0.480 e. The standard InChI is InChI=1S/C11H16N2O3S/c1-4-7-9(17-5-12-7)10(14)13-8(6(2)3)11(15)16/h5-6,8H,4H2,1-3H3,(H,13,14)(H,15,16)/t8-/m1/s1. The average Bonchev–Trinajstić information content (AvgIpc) is 2.72. The summed E-state index contributed by atoms with van der Waals surface area (Å²) in [5, 5.41) is 11.5. The zero-order valence-electron chi connectivity index (χ0n) is 10.1. The van der Waals surface area contributed by atoms with Crippen LogP contribution < -0.4 is 5.32 Å². The highest BCUT2D eigenvalue weighted by molar-refractivity contribution is 7.11. The highest BCUT2D eigenvalue weighted by atomic mass is 32.1. The number of amides is 1. The number of nitrogens with one attached hydrogen (secondary N) is 1. The number of hydrogen-bond donors (Lipinski definition) is 2. The molecule has 6 heteroatoms. The van der Waals surface area contributed by atoms with Gasteiger partial charge in [-0.25, -0.2) is 9.78 Å². The Morgan fingerprint density at radius 3 is 2.65 bits per heavy atom. The summed E-state index contributed by atoms with van der Waals surface area (Å²) in [4.78, 5) is 27.4. The number of hydrogen-bond acceptors (Lipinski definition) is 4. The van der Waals surface area contributed by atoms with E-state index in [2.05, 4.69) is 10.3 Å². The summed E-state index contributed by atoms with van der Waals surface area (Å²) in [7, 11) is 0. The van der Waals surface area contributed by atoms with Crippen molar-refractivity contribution < 1.29 is 14.7 Å². The van der Waals surface area contributed by atoms with E-state index in [1.54, 1.807) is 19.4 Å². The van der Waals surface area contributed by atoms with Gasteiger partial charge in [0.05, 0.1) is 11.2 Å². The number of rotatable bonds is 5. The minimum atomic E-state index is -1.02. The molecule has 2 N–H and O–H groups in total. The lowest BCUT2D eigenvalue weighted by molar-refractivity contribution is -0.140. The second-order valence-electron chi connectivity index (χ2n) is 4.02. The molecule has 0 aliphatic heterocycles. The molecule has 0 unspecified atom stereocenters. The molecular formula is C11H16N2O3S. The van der Waals surface area contributed by atoms with E-state index in [1.807, 2.05) is 6.92 Å². The second-order valence-corrected chi connectivity index (χ2v) is 4.87. The van der Waals surface area contributed by atoms with E-state index >= 15 is 0 Å². The van der Waals surface area contributed by atoms with Crippen molar-refractivity contribution in [3.8, 4) is 0 Å². The van der Waals surface area contributed by atoms with E-state index in [9.17, 15) is 9.59 Å². The Kier molecular flexibility index (Phi) is 4.62. The van der Waals surface area contributed by atoms with Gasteiger partial charge in [0.1, 0.15) is 10.9 Å². The smallest absolute Gasteiger partial charge is 0.326 e. The summed E-state index contributed by atoms with van der Waals surface area (Å²) >= 11 is 1.23. The van der Waals surface area contributed by atoms with Crippen molar-refractivity contribution >= 4 is 23.2 Å². The predicted octanol–water partition coefficient (Wildman–Crippen LogP) is 1.54. The Balaban J connectivity index is 2.81. The molecule has 0 saturated heterocycles. The predicted molar refractivity (Wildman–Crippen MR) is 65.2 cm³/mol. The van der Waals surface area contributed by atoms with Gasteiger partial charge in [-0.2, -0.15) is 0 Å².